The molecule has 1 aliphatic rings. The molecule has 1 unspecified atom stereocenters. The fraction of sp³-hybridized carbons (Fsp3) is 0.450. The first-order chi connectivity index (χ1) is 10.6. The van der Waals surface area contributed by atoms with Crippen molar-refractivity contribution in [2.24, 2.45) is 10.9 Å². The molecule has 2 rings (SSSR count). The summed E-state index contributed by atoms with van der Waals surface area (Å²) in [6.07, 6.45) is 9.65. The van der Waals surface area contributed by atoms with E-state index >= 15 is 0 Å². The highest BCUT2D eigenvalue weighted by Gasteiger charge is 2.18. The van der Waals surface area contributed by atoms with Gasteiger partial charge in [-0.15, -0.1) is 0 Å². The molecular weight excluding hydrogens is 268 g/mol. The molecule has 1 atom stereocenters. The standard InChI is InChI=1S/C18H24N2.C2H6/c1-14(2)15-10-12-17(13-11-15)20(4)18(19-3)16-8-6-5-7-9-16;1-2/h5-8,10-14,16H,9H2,1-4H3;1-2H3. The Balaban J connectivity index is 0.00000116. The lowest BCUT2D eigenvalue weighted by atomic mass is 9.98. The van der Waals surface area contributed by atoms with Crippen molar-refractivity contribution in [2.75, 3.05) is 19.0 Å². The van der Waals surface area contributed by atoms with Gasteiger partial charge in [0.25, 0.3) is 0 Å². The Morgan fingerprint density at radius 3 is 2.23 bits per heavy atom. The van der Waals surface area contributed by atoms with Crippen molar-refractivity contribution in [3.8, 4) is 0 Å². The average molecular weight is 298 g/mol. The molecular formula is C20H30N2. The number of hydrogen-bond acceptors (Lipinski definition) is 1. The van der Waals surface area contributed by atoms with Crippen LogP contribution < -0.4 is 4.90 Å². The second kappa shape index (κ2) is 9.24. The number of aliphatic imine (C=N–C) groups is 1. The Bertz CT molecular complexity index is 521. The number of rotatable bonds is 3. The summed E-state index contributed by atoms with van der Waals surface area (Å²) in [5.74, 6) is 2.06. The van der Waals surface area contributed by atoms with Crippen molar-refractivity contribution in [2.45, 2.75) is 40.0 Å². The molecule has 120 valence electrons. The normalized spacial score (nSPS) is 17.2. The van der Waals surface area contributed by atoms with E-state index in [1.807, 2.05) is 20.9 Å². The molecule has 1 aromatic rings. The molecule has 1 aromatic carbocycles. The summed E-state index contributed by atoms with van der Waals surface area (Å²) < 4.78 is 0. The Hall–Kier alpha value is -1.83. The van der Waals surface area contributed by atoms with E-state index in [0.29, 0.717) is 11.8 Å². The number of benzene rings is 1. The second-order valence-electron chi connectivity index (χ2n) is 5.54. The van der Waals surface area contributed by atoms with Crippen LogP contribution in [0.3, 0.4) is 0 Å². The van der Waals surface area contributed by atoms with Crippen LogP contribution in [-0.4, -0.2) is 19.9 Å². The molecule has 0 aromatic heterocycles. The highest BCUT2D eigenvalue weighted by molar-refractivity contribution is 6.00. The predicted molar refractivity (Wildman–Crippen MR) is 100 cm³/mol. The zero-order chi connectivity index (χ0) is 16.5. The van der Waals surface area contributed by atoms with Gasteiger partial charge in [-0.1, -0.05) is 64.1 Å². The van der Waals surface area contributed by atoms with Gasteiger partial charge in [-0.3, -0.25) is 4.99 Å². The van der Waals surface area contributed by atoms with Crippen LogP contribution in [0.5, 0.6) is 0 Å². The number of hydrogen-bond donors (Lipinski definition) is 0. The SMILES string of the molecule is CC.CN=C(C1C=CC=CC1)N(C)c1ccc(C(C)C)cc1. The first-order valence-electron chi connectivity index (χ1n) is 8.27. The zero-order valence-corrected chi connectivity index (χ0v) is 14.9. The van der Waals surface area contributed by atoms with Crippen molar-refractivity contribution >= 4 is 11.5 Å². The van der Waals surface area contributed by atoms with Gasteiger partial charge < -0.3 is 4.90 Å². The minimum atomic E-state index is 0.375. The van der Waals surface area contributed by atoms with Crippen LogP contribution in [0.2, 0.25) is 0 Å². The first kappa shape index (κ1) is 18.2. The molecule has 2 nitrogen and oxygen atoms in total. The topological polar surface area (TPSA) is 15.6 Å². The second-order valence-corrected chi connectivity index (χ2v) is 5.54. The molecule has 0 spiro atoms. The monoisotopic (exact) mass is 298 g/mol. The molecule has 2 heteroatoms. The summed E-state index contributed by atoms with van der Waals surface area (Å²) in [6, 6.07) is 8.78. The maximum atomic E-state index is 4.50. The van der Waals surface area contributed by atoms with Crippen LogP contribution in [0, 0.1) is 5.92 Å². The summed E-state index contributed by atoms with van der Waals surface area (Å²) in [5.41, 5.74) is 2.57. The summed E-state index contributed by atoms with van der Waals surface area (Å²) in [6.45, 7) is 8.44. The van der Waals surface area contributed by atoms with Gasteiger partial charge in [0.2, 0.25) is 0 Å². The van der Waals surface area contributed by atoms with Crippen LogP contribution in [0.4, 0.5) is 5.69 Å². The minimum Gasteiger partial charge on any atom is -0.333 e. The summed E-state index contributed by atoms with van der Waals surface area (Å²) in [5, 5.41) is 0. The highest BCUT2D eigenvalue weighted by atomic mass is 15.2. The van der Waals surface area contributed by atoms with E-state index < -0.39 is 0 Å². The lowest BCUT2D eigenvalue weighted by molar-refractivity contribution is 0.842. The Kier molecular flexibility index (Phi) is 7.65. The minimum absolute atomic E-state index is 0.375. The summed E-state index contributed by atoms with van der Waals surface area (Å²) >= 11 is 0. The maximum Gasteiger partial charge on any atom is 0.110 e. The average Bonchev–Trinajstić information content (AvgIpc) is 2.58. The van der Waals surface area contributed by atoms with Crippen molar-refractivity contribution in [3.63, 3.8) is 0 Å². The van der Waals surface area contributed by atoms with E-state index in [-0.39, 0.29) is 0 Å². The third-order valence-corrected chi connectivity index (χ3v) is 3.83. The van der Waals surface area contributed by atoms with E-state index in [0.717, 1.165) is 12.3 Å². The highest BCUT2D eigenvalue weighted by Crippen LogP contribution is 2.23. The summed E-state index contributed by atoms with van der Waals surface area (Å²) in [4.78, 5) is 6.70. The van der Waals surface area contributed by atoms with Gasteiger partial charge in [0, 0.05) is 25.7 Å². The Morgan fingerprint density at radius 2 is 1.77 bits per heavy atom. The van der Waals surface area contributed by atoms with Gasteiger partial charge >= 0.3 is 0 Å². The van der Waals surface area contributed by atoms with E-state index in [1.54, 1.807) is 0 Å². The molecule has 1 aliphatic carbocycles. The van der Waals surface area contributed by atoms with Crippen LogP contribution in [0.25, 0.3) is 0 Å². The van der Waals surface area contributed by atoms with Crippen LogP contribution in [0.1, 0.15) is 45.6 Å². The molecule has 0 bridgehead atoms. The van der Waals surface area contributed by atoms with Crippen molar-refractivity contribution in [1.82, 2.24) is 0 Å². The first-order valence-corrected chi connectivity index (χ1v) is 8.27. The van der Waals surface area contributed by atoms with Gasteiger partial charge in [-0.2, -0.15) is 0 Å². The molecule has 0 heterocycles. The fourth-order valence-electron chi connectivity index (χ4n) is 2.55. The summed E-state index contributed by atoms with van der Waals surface area (Å²) in [7, 11) is 3.97. The lowest BCUT2D eigenvalue weighted by Gasteiger charge is -2.27. The third kappa shape index (κ3) is 4.59. The van der Waals surface area contributed by atoms with E-state index in [4.69, 9.17) is 0 Å². The molecule has 0 radical (unpaired) electrons. The maximum absolute atomic E-state index is 4.50. The van der Waals surface area contributed by atoms with Gasteiger partial charge in [-0.25, -0.2) is 0 Å². The fourth-order valence-corrected chi connectivity index (χ4v) is 2.55. The molecule has 0 amide bonds. The molecule has 22 heavy (non-hydrogen) atoms. The smallest absolute Gasteiger partial charge is 0.110 e. The van der Waals surface area contributed by atoms with Crippen LogP contribution in [0.15, 0.2) is 53.6 Å². The Morgan fingerprint density at radius 1 is 1.14 bits per heavy atom. The largest absolute Gasteiger partial charge is 0.333 e. The van der Waals surface area contributed by atoms with Gasteiger partial charge in [0.05, 0.1) is 0 Å². The Labute approximate surface area is 136 Å². The number of allylic oxidation sites excluding steroid dienone is 3. The van der Waals surface area contributed by atoms with E-state index in [9.17, 15) is 0 Å². The number of anilines is 1. The lowest BCUT2D eigenvalue weighted by Crippen LogP contribution is -2.32. The van der Waals surface area contributed by atoms with Gasteiger partial charge in [-0.05, 0) is 30.0 Å². The van der Waals surface area contributed by atoms with E-state index in [2.05, 4.69) is 79.4 Å². The quantitative estimate of drug-likeness (QED) is 0.536. The zero-order valence-electron chi connectivity index (χ0n) is 14.9. The van der Waals surface area contributed by atoms with E-state index in [1.165, 1.54) is 11.3 Å². The number of amidine groups is 1. The molecule has 0 saturated carbocycles. The van der Waals surface area contributed by atoms with Gasteiger partial charge in [0.1, 0.15) is 5.84 Å². The van der Waals surface area contributed by atoms with Crippen molar-refractivity contribution in [3.05, 3.63) is 54.1 Å². The van der Waals surface area contributed by atoms with Crippen LogP contribution in [-0.2, 0) is 0 Å². The predicted octanol–water partition coefficient (Wildman–Crippen LogP) is 5.43. The van der Waals surface area contributed by atoms with Gasteiger partial charge in [0.15, 0.2) is 0 Å². The van der Waals surface area contributed by atoms with Crippen molar-refractivity contribution in [1.29, 1.82) is 0 Å². The van der Waals surface area contributed by atoms with Crippen molar-refractivity contribution < 1.29 is 0 Å². The third-order valence-electron chi connectivity index (χ3n) is 3.83. The number of nitrogens with zero attached hydrogens (tertiary/aromatic N) is 2. The molecule has 0 N–H and O–H groups in total. The molecule has 0 fully saturated rings. The van der Waals surface area contributed by atoms with Crippen LogP contribution >= 0.6 is 0 Å². The molecule has 0 saturated heterocycles. The molecule has 0 aliphatic heterocycles.